The second-order valence-electron chi connectivity index (χ2n) is 3.96. The summed E-state index contributed by atoms with van der Waals surface area (Å²) in [4.78, 5) is 2.35. The van der Waals surface area contributed by atoms with Crippen LogP contribution in [0.4, 0.5) is 5.13 Å². The van der Waals surface area contributed by atoms with Crippen molar-refractivity contribution >= 4 is 16.5 Å². The first kappa shape index (κ1) is 10.8. The van der Waals surface area contributed by atoms with Crippen molar-refractivity contribution in [2.45, 2.75) is 19.8 Å². The Morgan fingerprint density at radius 3 is 2.93 bits per heavy atom. The van der Waals surface area contributed by atoms with Crippen LogP contribution < -0.4 is 10.2 Å². The third kappa shape index (κ3) is 2.89. The van der Waals surface area contributed by atoms with Crippen LogP contribution in [0.25, 0.3) is 0 Å². The van der Waals surface area contributed by atoms with Crippen molar-refractivity contribution in [3.05, 3.63) is 5.51 Å². The highest BCUT2D eigenvalue weighted by atomic mass is 32.1. The van der Waals surface area contributed by atoms with Crippen molar-refractivity contribution < 1.29 is 0 Å². The van der Waals surface area contributed by atoms with Crippen molar-refractivity contribution in [2.75, 3.05) is 31.1 Å². The van der Waals surface area contributed by atoms with Gasteiger partial charge in [0, 0.05) is 13.1 Å². The lowest BCUT2D eigenvalue weighted by Crippen LogP contribution is -2.37. The molecule has 2 rings (SSSR count). The summed E-state index contributed by atoms with van der Waals surface area (Å²) in [5.41, 5.74) is 1.81. The number of rotatable bonds is 4. The summed E-state index contributed by atoms with van der Waals surface area (Å²) in [5.74, 6) is 0.842. The zero-order valence-corrected chi connectivity index (χ0v) is 9.96. The molecule has 1 aromatic rings. The topological polar surface area (TPSA) is 41.0 Å². The number of hydrogen-bond donors (Lipinski definition) is 1. The Morgan fingerprint density at radius 2 is 2.33 bits per heavy atom. The van der Waals surface area contributed by atoms with Gasteiger partial charge in [-0.3, -0.25) is 0 Å². The average Bonchev–Trinajstić information content (AvgIpc) is 2.80. The molecule has 1 N–H and O–H groups in total. The molecule has 0 amide bonds. The predicted molar refractivity (Wildman–Crippen MR) is 63.4 cm³/mol. The fraction of sp³-hybridized carbons (Fsp3) is 0.800. The number of piperidine rings is 1. The molecular weight excluding hydrogens is 208 g/mol. The molecule has 1 aliphatic heterocycles. The lowest BCUT2D eigenvalue weighted by atomic mass is 9.97. The van der Waals surface area contributed by atoms with E-state index in [1.165, 1.54) is 19.4 Å². The zero-order valence-electron chi connectivity index (χ0n) is 9.15. The Hall–Kier alpha value is -0.680. The lowest BCUT2D eigenvalue weighted by Gasteiger charge is -2.31. The maximum absolute atomic E-state index is 4.11. The van der Waals surface area contributed by atoms with Gasteiger partial charge in [-0.25, -0.2) is 0 Å². The van der Waals surface area contributed by atoms with Crippen LogP contribution in [0.2, 0.25) is 0 Å². The summed E-state index contributed by atoms with van der Waals surface area (Å²) >= 11 is 1.64. The van der Waals surface area contributed by atoms with E-state index < -0.39 is 0 Å². The van der Waals surface area contributed by atoms with E-state index in [1.54, 1.807) is 16.8 Å². The van der Waals surface area contributed by atoms with Gasteiger partial charge >= 0.3 is 0 Å². The third-order valence-corrected chi connectivity index (χ3v) is 3.67. The fourth-order valence-corrected chi connectivity index (χ4v) is 2.60. The summed E-state index contributed by atoms with van der Waals surface area (Å²) in [6, 6.07) is 0. The summed E-state index contributed by atoms with van der Waals surface area (Å²) in [7, 11) is 0. The predicted octanol–water partition coefficient (Wildman–Crippen LogP) is 1.36. The Morgan fingerprint density at radius 1 is 1.53 bits per heavy atom. The molecule has 2 heterocycles. The van der Waals surface area contributed by atoms with E-state index in [2.05, 4.69) is 27.3 Å². The van der Waals surface area contributed by atoms with E-state index in [0.29, 0.717) is 0 Å². The molecule has 1 saturated heterocycles. The van der Waals surface area contributed by atoms with Gasteiger partial charge in [-0.15, -0.1) is 10.2 Å². The molecule has 1 fully saturated rings. The second-order valence-corrected chi connectivity index (χ2v) is 4.77. The number of aromatic nitrogens is 2. The molecule has 0 aromatic carbocycles. The summed E-state index contributed by atoms with van der Waals surface area (Å²) in [5, 5.41) is 12.5. The van der Waals surface area contributed by atoms with Crippen LogP contribution in [0.15, 0.2) is 5.51 Å². The van der Waals surface area contributed by atoms with Crippen molar-refractivity contribution in [3.63, 3.8) is 0 Å². The Bertz CT molecular complexity index is 267. The normalized spacial score (nSPS) is 18.3. The molecule has 4 nitrogen and oxygen atoms in total. The van der Waals surface area contributed by atoms with Crippen molar-refractivity contribution in [3.8, 4) is 0 Å². The number of nitrogens with one attached hydrogen (secondary N) is 1. The molecule has 0 radical (unpaired) electrons. The Kier molecular flexibility index (Phi) is 3.91. The van der Waals surface area contributed by atoms with Crippen LogP contribution in [0.1, 0.15) is 19.8 Å². The Labute approximate surface area is 94.7 Å². The molecule has 0 spiro atoms. The molecule has 0 unspecified atom stereocenters. The van der Waals surface area contributed by atoms with Crippen LogP contribution >= 0.6 is 11.3 Å². The quantitative estimate of drug-likeness (QED) is 0.842. The highest BCUT2D eigenvalue weighted by molar-refractivity contribution is 7.13. The minimum atomic E-state index is 0.842. The molecule has 15 heavy (non-hydrogen) atoms. The van der Waals surface area contributed by atoms with Gasteiger partial charge in [-0.1, -0.05) is 18.3 Å². The van der Waals surface area contributed by atoms with Gasteiger partial charge in [0.15, 0.2) is 0 Å². The maximum atomic E-state index is 4.11. The van der Waals surface area contributed by atoms with Crippen molar-refractivity contribution in [1.82, 2.24) is 15.5 Å². The highest BCUT2D eigenvalue weighted by Gasteiger charge is 2.20. The molecular formula is C10H18N4S. The van der Waals surface area contributed by atoms with Crippen LogP contribution in [0, 0.1) is 5.92 Å². The van der Waals surface area contributed by atoms with E-state index in [9.17, 15) is 0 Å². The number of hydrogen-bond acceptors (Lipinski definition) is 5. The first-order chi connectivity index (χ1) is 7.40. The molecule has 0 saturated carbocycles. The molecule has 1 aliphatic rings. The number of anilines is 1. The van der Waals surface area contributed by atoms with Crippen molar-refractivity contribution in [2.24, 2.45) is 5.92 Å². The SMILES string of the molecule is CCNCC1CCN(c2nncs2)CC1. The van der Waals surface area contributed by atoms with Gasteiger partial charge in [-0.05, 0) is 31.8 Å². The minimum Gasteiger partial charge on any atom is -0.347 e. The number of nitrogens with zero attached hydrogens (tertiary/aromatic N) is 3. The van der Waals surface area contributed by atoms with Crippen molar-refractivity contribution in [1.29, 1.82) is 0 Å². The monoisotopic (exact) mass is 226 g/mol. The standard InChI is InChI=1S/C10H18N4S/c1-2-11-7-9-3-5-14(6-4-9)10-13-12-8-15-10/h8-9,11H,2-7H2,1H3. The van der Waals surface area contributed by atoms with E-state index >= 15 is 0 Å². The zero-order chi connectivity index (χ0) is 10.5. The van der Waals surface area contributed by atoms with Crippen LogP contribution in [-0.2, 0) is 0 Å². The van der Waals surface area contributed by atoms with Gasteiger partial charge in [0.2, 0.25) is 5.13 Å². The highest BCUT2D eigenvalue weighted by Crippen LogP contribution is 2.23. The summed E-state index contributed by atoms with van der Waals surface area (Å²) < 4.78 is 0. The molecule has 1 aromatic heterocycles. The fourth-order valence-electron chi connectivity index (χ4n) is 1.98. The molecule has 0 bridgehead atoms. The second kappa shape index (κ2) is 5.42. The largest absolute Gasteiger partial charge is 0.347 e. The van der Waals surface area contributed by atoms with Crippen LogP contribution in [0.3, 0.4) is 0 Å². The Balaban J connectivity index is 1.77. The van der Waals surface area contributed by atoms with Gasteiger partial charge < -0.3 is 10.2 Å². The van der Waals surface area contributed by atoms with Crippen LogP contribution in [0.5, 0.6) is 0 Å². The molecule has 0 atom stereocenters. The van der Waals surface area contributed by atoms with E-state index in [1.807, 2.05) is 0 Å². The maximum Gasteiger partial charge on any atom is 0.208 e. The van der Waals surface area contributed by atoms with E-state index in [4.69, 9.17) is 0 Å². The first-order valence-electron chi connectivity index (χ1n) is 5.62. The summed E-state index contributed by atoms with van der Waals surface area (Å²) in [6.45, 7) is 6.67. The minimum absolute atomic E-state index is 0.842. The van der Waals surface area contributed by atoms with E-state index in [-0.39, 0.29) is 0 Å². The van der Waals surface area contributed by atoms with Gasteiger partial charge in [0.05, 0.1) is 0 Å². The van der Waals surface area contributed by atoms with Gasteiger partial charge in [0.1, 0.15) is 5.51 Å². The lowest BCUT2D eigenvalue weighted by molar-refractivity contribution is 0.386. The van der Waals surface area contributed by atoms with E-state index in [0.717, 1.165) is 30.7 Å². The molecule has 0 aliphatic carbocycles. The molecule has 84 valence electrons. The smallest absolute Gasteiger partial charge is 0.208 e. The van der Waals surface area contributed by atoms with Gasteiger partial charge in [-0.2, -0.15) is 0 Å². The van der Waals surface area contributed by atoms with Gasteiger partial charge in [0.25, 0.3) is 0 Å². The first-order valence-corrected chi connectivity index (χ1v) is 6.50. The summed E-state index contributed by atoms with van der Waals surface area (Å²) in [6.07, 6.45) is 2.54. The van der Waals surface area contributed by atoms with Crippen LogP contribution in [-0.4, -0.2) is 36.4 Å². The third-order valence-electron chi connectivity index (χ3n) is 2.92. The molecule has 5 heteroatoms. The average molecular weight is 226 g/mol.